The van der Waals surface area contributed by atoms with Crippen LogP contribution in [0.3, 0.4) is 0 Å². The fraction of sp³-hybridized carbons (Fsp3) is 0.562. The highest BCUT2D eigenvalue weighted by Crippen LogP contribution is 2.43. The number of hydrogen-bond donors (Lipinski definition) is 1. The molecule has 0 aromatic heterocycles. The van der Waals surface area contributed by atoms with E-state index < -0.39 is 11.4 Å². The molecule has 1 aromatic carbocycles. The molecular weight excluding hydrogens is 224 g/mol. The van der Waals surface area contributed by atoms with Crippen LogP contribution in [0, 0.1) is 0 Å². The molecule has 0 aliphatic heterocycles. The fourth-order valence-corrected chi connectivity index (χ4v) is 3.13. The van der Waals surface area contributed by atoms with E-state index in [2.05, 4.69) is 13.0 Å². The summed E-state index contributed by atoms with van der Waals surface area (Å²) in [5, 5.41) is 9.67. The van der Waals surface area contributed by atoms with E-state index in [4.69, 9.17) is 0 Å². The molecule has 0 spiro atoms. The Morgan fingerprint density at radius 2 is 2.06 bits per heavy atom. The summed E-state index contributed by atoms with van der Waals surface area (Å²) < 4.78 is 0. The second-order valence-corrected chi connectivity index (χ2v) is 5.36. The van der Waals surface area contributed by atoms with Crippen molar-refractivity contribution >= 4 is 5.97 Å². The van der Waals surface area contributed by atoms with Crippen molar-refractivity contribution in [2.45, 2.75) is 57.3 Å². The summed E-state index contributed by atoms with van der Waals surface area (Å²) in [4.78, 5) is 11.8. The van der Waals surface area contributed by atoms with Crippen molar-refractivity contribution in [3.8, 4) is 0 Å². The molecule has 2 heteroatoms. The molecule has 2 rings (SSSR count). The molecule has 0 saturated carbocycles. The molecule has 1 atom stereocenters. The predicted molar refractivity (Wildman–Crippen MR) is 72.8 cm³/mol. The number of carboxylic acids is 1. The van der Waals surface area contributed by atoms with Gasteiger partial charge in [-0.05, 0) is 30.4 Å². The van der Waals surface area contributed by atoms with Crippen LogP contribution in [0.4, 0.5) is 0 Å². The van der Waals surface area contributed by atoms with Crippen LogP contribution in [0.2, 0.25) is 0 Å². The summed E-state index contributed by atoms with van der Waals surface area (Å²) in [6.45, 7) is 2.18. The maximum absolute atomic E-state index is 11.8. The number of carbonyl (C=O) groups is 1. The maximum atomic E-state index is 11.8. The molecule has 0 fully saturated rings. The van der Waals surface area contributed by atoms with Crippen LogP contribution in [0.15, 0.2) is 24.3 Å². The van der Waals surface area contributed by atoms with E-state index in [1.165, 1.54) is 18.4 Å². The SMILES string of the molecule is CCCCCCC1(C(=O)O)CCc2ccccc21. The van der Waals surface area contributed by atoms with Crippen LogP contribution in [-0.4, -0.2) is 11.1 Å². The normalized spacial score (nSPS) is 21.8. The minimum atomic E-state index is -0.635. The van der Waals surface area contributed by atoms with Crippen molar-refractivity contribution < 1.29 is 9.90 Å². The van der Waals surface area contributed by atoms with Gasteiger partial charge in [-0.15, -0.1) is 0 Å². The number of hydrogen-bond acceptors (Lipinski definition) is 1. The van der Waals surface area contributed by atoms with Crippen LogP contribution < -0.4 is 0 Å². The topological polar surface area (TPSA) is 37.3 Å². The monoisotopic (exact) mass is 246 g/mol. The van der Waals surface area contributed by atoms with E-state index >= 15 is 0 Å². The van der Waals surface area contributed by atoms with Crippen molar-refractivity contribution in [3.05, 3.63) is 35.4 Å². The number of aliphatic carboxylic acids is 1. The molecule has 2 nitrogen and oxygen atoms in total. The first kappa shape index (κ1) is 13.1. The van der Waals surface area contributed by atoms with Crippen LogP contribution >= 0.6 is 0 Å². The van der Waals surface area contributed by atoms with Gasteiger partial charge in [0.1, 0.15) is 0 Å². The Bertz CT molecular complexity index is 425. The highest BCUT2D eigenvalue weighted by atomic mass is 16.4. The first-order chi connectivity index (χ1) is 8.70. The molecule has 0 bridgehead atoms. The van der Waals surface area contributed by atoms with Crippen molar-refractivity contribution in [1.82, 2.24) is 0 Å². The number of benzene rings is 1. The van der Waals surface area contributed by atoms with Crippen molar-refractivity contribution in [1.29, 1.82) is 0 Å². The van der Waals surface area contributed by atoms with Crippen molar-refractivity contribution in [3.63, 3.8) is 0 Å². The van der Waals surface area contributed by atoms with Gasteiger partial charge in [-0.2, -0.15) is 0 Å². The fourth-order valence-electron chi connectivity index (χ4n) is 3.13. The molecule has 0 amide bonds. The lowest BCUT2D eigenvalue weighted by Crippen LogP contribution is -2.33. The number of rotatable bonds is 6. The average molecular weight is 246 g/mol. The van der Waals surface area contributed by atoms with Crippen molar-refractivity contribution in [2.75, 3.05) is 0 Å². The van der Waals surface area contributed by atoms with Gasteiger partial charge >= 0.3 is 5.97 Å². The summed E-state index contributed by atoms with van der Waals surface area (Å²) in [7, 11) is 0. The minimum absolute atomic E-state index is 0.607. The molecule has 0 saturated heterocycles. The van der Waals surface area contributed by atoms with E-state index in [-0.39, 0.29) is 0 Å². The summed E-state index contributed by atoms with van der Waals surface area (Å²) in [6, 6.07) is 8.06. The zero-order chi connectivity index (χ0) is 13.0. The third-order valence-corrected chi connectivity index (χ3v) is 4.22. The Labute approximate surface area is 109 Å². The quantitative estimate of drug-likeness (QED) is 0.772. The smallest absolute Gasteiger partial charge is 0.314 e. The molecule has 1 unspecified atom stereocenters. The van der Waals surface area contributed by atoms with Crippen LogP contribution in [0.25, 0.3) is 0 Å². The summed E-state index contributed by atoms with van der Waals surface area (Å²) in [5.41, 5.74) is 1.69. The lowest BCUT2D eigenvalue weighted by atomic mass is 9.77. The van der Waals surface area contributed by atoms with Gasteiger partial charge in [0.25, 0.3) is 0 Å². The molecule has 0 heterocycles. The molecule has 1 aliphatic carbocycles. The molecule has 98 valence electrons. The molecule has 1 aromatic rings. The zero-order valence-corrected chi connectivity index (χ0v) is 11.1. The standard InChI is InChI=1S/C16H22O2/c1-2-3-4-7-11-16(15(17)18)12-10-13-8-5-6-9-14(13)16/h5-6,8-9H,2-4,7,10-12H2,1H3,(H,17,18). The maximum Gasteiger partial charge on any atom is 0.314 e. The Hall–Kier alpha value is -1.31. The molecule has 1 N–H and O–H groups in total. The number of unbranched alkanes of at least 4 members (excludes halogenated alkanes) is 3. The van der Waals surface area contributed by atoms with Gasteiger partial charge in [-0.3, -0.25) is 4.79 Å². The lowest BCUT2D eigenvalue weighted by molar-refractivity contribution is -0.144. The van der Waals surface area contributed by atoms with Gasteiger partial charge in [-0.1, -0.05) is 56.9 Å². The van der Waals surface area contributed by atoms with Crippen LogP contribution in [0.1, 0.15) is 56.6 Å². The lowest BCUT2D eigenvalue weighted by Gasteiger charge is -2.25. The third-order valence-electron chi connectivity index (χ3n) is 4.22. The summed E-state index contributed by atoms with van der Waals surface area (Å²) >= 11 is 0. The first-order valence-electron chi connectivity index (χ1n) is 7.02. The van der Waals surface area contributed by atoms with Gasteiger partial charge in [-0.25, -0.2) is 0 Å². The van der Waals surface area contributed by atoms with E-state index in [0.29, 0.717) is 0 Å². The summed E-state index contributed by atoms with van der Waals surface area (Å²) in [5.74, 6) is -0.635. The van der Waals surface area contributed by atoms with Gasteiger partial charge in [0, 0.05) is 0 Å². The predicted octanol–water partition coefficient (Wildman–Crippen LogP) is 3.93. The number of fused-ring (bicyclic) bond motifs is 1. The second-order valence-electron chi connectivity index (χ2n) is 5.36. The van der Waals surface area contributed by atoms with E-state index in [1.807, 2.05) is 18.2 Å². The van der Waals surface area contributed by atoms with E-state index in [9.17, 15) is 9.90 Å². The Morgan fingerprint density at radius 3 is 2.78 bits per heavy atom. The largest absolute Gasteiger partial charge is 0.481 e. The Morgan fingerprint density at radius 1 is 1.28 bits per heavy atom. The molecular formula is C16H22O2. The third kappa shape index (κ3) is 2.29. The highest BCUT2D eigenvalue weighted by molar-refractivity contribution is 5.83. The second kappa shape index (κ2) is 5.55. The Kier molecular flexibility index (Phi) is 4.05. The van der Waals surface area contributed by atoms with E-state index in [0.717, 1.165) is 37.7 Å². The van der Waals surface area contributed by atoms with Crippen LogP contribution in [-0.2, 0) is 16.6 Å². The Balaban J connectivity index is 2.17. The van der Waals surface area contributed by atoms with Crippen LogP contribution in [0.5, 0.6) is 0 Å². The molecule has 0 radical (unpaired) electrons. The van der Waals surface area contributed by atoms with E-state index in [1.54, 1.807) is 0 Å². The van der Waals surface area contributed by atoms with Gasteiger partial charge < -0.3 is 5.11 Å². The van der Waals surface area contributed by atoms with Gasteiger partial charge in [0.15, 0.2) is 0 Å². The molecule has 1 aliphatic rings. The van der Waals surface area contributed by atoms with Gasteiger partial charge in [0.05, 0.1) is 5.41 Å². The first-order valence-corrected chi connectivity index (χ1v) is 7.02. The summed E-state index contributed by atoms with van der Waals surface area (Å²) in [6.07, 6.45) is 7.04. The molecule has 18 heavy (non-hydrogen) atoms. The van der Waals surface area contributed by atoms with Gasteiger partial charge in [0.2, 0.25) is 0 Å². The zero-order valence-electron chi connectivity index (χ0n) is 11.1. The van der Waals surface area contributed by atoms with Crippen molar-refractivity contribution in [2.24, 2.45) is 0 Å². The number of carboxylic acid groups (broad SMARTS) is 1. The average Bonchev–Trinajstić information content (AvgIpc) is 2.75. The minimum Gasteiger partial charge on any atom is -0.481 e. The highest BCUT2D eigenvalue weighted by Gasteiger charge is 2.44. The number of aryl methyl sites for hydroxylation is 1.